The normalized spacial score (nSPS) is 19.3. The van der Waals surface area contributed by atoms with Crippen LogP contribution in [0.15, 0.2) is 0 Å². The van der Waals surface area contributed by atoms with E-state index >= 15 is 0 Å². The van der Waals surface area contributed by atoms with E-state index in [1.807, 2.05) is 6.92 Å². The van der Waals surface area contributed by atoms with Crippen LogP contribution in [0.25, 0.3) is 0 Å². The average Bonchev–Trinajstić information content (AvgIpc) is 2.26. The van der Waals surface area contributed by atoms with Crippen molar-refractivity contribution >= 4 is 5.91 Å². The van der Waals surface area contributed by atoms with Gasteiger partial charge in [0.1, 0.15) is 0 Å². The number of rotatable bonds is 3. The highest BCUT2D eigenvalue weighted by atomic mass is 16.2. The zero-order valence-corrected chi connectivity index (χ0v) is 9.46. The van der Waals surface area contributed by atoms with Crippen molar-refractivity contribution in [3.8, 4) is 12.3 Å². The van der Waals surface area contributed by atoms with Crippen molar-refractivity contribution in [2.75, 3.05) is 13.1 Å². The van der Waals surface area contributed by atoms with E-state index in [9.17, 15) is 4.79 Å². The first kappa shape index (κ1) is 12.1. The first-order chi connectivity index (χ1) is 7.14. The molecule has 1 rings (SSSR count). The van der Waals surface area contributed by atoms with Crippen molar-refractivity contribution in [3.05, 3.63) is 0 Å². The van der Waals surface area contributed by atoms with Crippen molar-refractivity contribution in [1.82, 2.24) is 4.90 Å². The zero-order chi connectivity index (χ0) is 11.3. The van der Waals surface area contributed by atoms with Crippen LogP contribution in [0.1, 0.15) is 39.0 Å². The first-order valence-electron chi connectivity index (χ1n) is 5.66. The van der Waals surface area contributed by atoms with Crippen molar-refractivity contribution in [3.63, 3.8) is 0 Å². The van der Waals surface area contributed by atoms with Crippen molar-refractivity contribution in [2.45, 2.75) is 44.6 Å². The molecule has 1 saturated carbocycles. The first-order valence-corrected chi connectivity index (χ1v) is 5.66. The van der Waals surface area contributed by atoms with Crippen LogP contribution in [0.5, 0.6) is 0 Å². The van der Waals surface area contributed by atoms with Gasteiger partial charge < -0.3 is 10.6 Å². The molecule has 1 aliphatic carbocycles. The Balaban J connectivity index is 2.68. The second-order valence-corrected chi connectivity index (χ2v) is 4.24. The number of hydrogen-bond acceptors (Lipinski definition) is 2. The van der Waals surface area contributed by atoms with Crippen molar-refractivity contribution in [1.29, 1.82) is 0 Å². The smallest absolute Gasteiger partial charge is 0.243 e. The molecule has 3 nitrogen and oxygen atoms in total. The van der Waals surface area contributed by atoms with Crippen molar-refractivity contribution < 1.29 is 4.79 Å². The van der Waals surface area contributed by atoms with E-state index in [1.54, 1.807) is 4.90 Å². The van der Waals surface area contributed by atoms with E-state index in [2.05, 4.69) is 5.92 Å². The number of terminal acetylenes is 1. The highest BCUT2D eigenvalue weighted by Crippen LogP contribution is 2.27. The Morgan fingerprint density at radius 2 is 2.07 bits per heavy atom. The summed E-state index contributed by atoms with van der Waals surface area (Å²) in [5.74, 6) is 2.54. The molecule has 0 aromatic carbocycles. The molecule has 0 atom stereocenters. The molecule has 0 aromatic rings. The predicted octanol–water partition coefficient (Wildman–Crippen LogP) is 1.13. The standard InChI is InChI=1S/C12H20N2O/c1-3-10-14(4-2)11(15)12(13)8-6-5-7-9-12/h1H,4-10,13H2,2H3. The lowest BCUT2D eigenvalue weighted by atomic mass is 9.81. The molecule has 0 radical (unpaired) electrons. The summed E-state index contributed by atoms with van der Waals surface area (Å²) >= 11 is 0. The second kappa shape index (κ2) is 5.18. The van der Waals surface area contributed by atoms with Gasteiger partial charge in [-0.25, -0.2) is 0 Å². The van der Waals surface area contributed by atoms with Crippen LogP contribution in [0, 0.1) is 12.3 Å². The van der Waals surface area contributed by atoms with Gasteiger partial charge in [0.2, 0.25) is 5.91 Å². The van der Waals surface area contributed by atoms with E-state index in [0.29, 0.717) is 13.1 Å². The van der Waals surface area contributed by atoms with E-state index in [0.717, 1.165) is 25.7 Å². The lowest BCUT2D eigenvalue weighted by molar-refractivity contribution is -0.137. The van der Waals surface area contributed by atoms with Gasteiger partial charge in [0.25, 0.3) is 0 Å². The Labute approximate surface area is 92.0 Å². The number of nitrogens with zero attached hydrogens (tertiary/aromatic N) is 1. The molecule has 0 heterocycles. The van der Waals surface area contributed by atoms with Crippen LogP contribution in [-0.2, 0) is 4.79 Å². The molecule has 84 valence electrons. The van der Waals surface area contributed by atoms with Gasteiger partial charge in [-0.2, -0.15) is 0 Å². The van der Waals surface area contributed by atoms with Gasteiger partial charge in [-0.3, -0.25) is 4.79 Å². The fourth-order valence-electron chi connectivity index (χ4n) is 2.15. The summed E-state index contributed by atoms with van der Waals surface area (Å²) in [5, 5.41) is 0. The molecule has 0 bridgehead atoms. The fourth-order valence-corrected chi connectivity index (χ4v) is 2.15. The summed E-state index contributed by atoms with van der Waals surface area (Å²) in [4.78, 5) is 13.8. The SMILES string of the molecule is C#CCN(CC)C(=O)C1(N)CCCCC1. The Morgan fingerprint density at radius 3 is 2.53 bits per heavy atom. The topological polar surface area (TPSA) is 46.3 Å². The number of carbonyl (C=O) groups excluding carboxylic acids is 1. The van der Waals surface area contributed by atoms with Gasteiger partial charge in [-0.15, -0.1) is 6.42 Å². The summed E-state index contributed by atoms with van der Waals surface area (Å²) in [5.41, 5.74) is 5.50. The third-order valence-corrected chi connectivity index (χ3v) is 3.12. The number of nitrogens with two attached hydrogens (primary N) is 1. The quantitative estimate of drug-likeness (QED) is 0.707. The zero-order valence-electron chi connectivity index (χ0n) is 9.46. The van der Waals surface area contributed by atoms with E-state index < -0.39 is 5.54 Å². The van der Waals surface area contributed by atoms with Crippen LogP contribution in [0.2, 0.25) is 0 Å². The minimum Gasteiger partial charge on any atom is -0.330 e. The predicted molar refractivity (Wildman–Crippen MR) is 61.1 cm³/mol. The molecule has 0 saturated heterocycles. The maximum absolute atomic E-state index is 12.1. The molecule has 0 aromatic heterocycles. The molecule has 1 amide bonds. The van der Waals surface area contributed by atoms with Gasteiger partial charge >= 0.3 is 0 Å². The minimum absolute atomic E-state index is 0.0302. The highest BCUT2D eigenvalue weighted by Gasteiger charge is 2.37. The Hall–Kier alpha value is -1.01. The third-order valence-electron chi connectivity index (χ3n) is 3.12. The molecule has 15 heavy (non-hydrogen) atoms. The van der Waals surface area contributed by atoms with Crippen LogP contribution in [0.4, 0.5) is 0 Å². The third kappa shape index (κ3) is 2.73. The molecule has 2 N–H and O–H groups in total. The molecule has 1 aliphatic rings. The van der Waals surface area contributed by atoms with Crippen LogP contribution >= 0.6 is 0 Å². The molecule has 0 unspecified atom stereocenters. The van der Waals surface area contributed by atoms with Crippen molar-refractivity contribution in [2.24, 2.45) is 5.73 Å². The Kier molecular flexibility index (Phi) is 4.16. The maximum atomic E-state index is 12.1. The molecular weight excluding hydrogens is 188 g/mol. The Bertz CT molecular complexity index is 261. The van der Waals surface area contributed by atoms with Gasteiger partial charge in [-0.1, -0.05) is 25.2 Å². The number of carbonyl (C=O) groups is 1. The minimum atomic E-state index is -0.648. The molecule has 3 heteroatoms. The maximum Gasteiger partial charge on any atom is 0.243 e. The number of amides is 1. The molecule has 0 spiro atoms. The van der Waals surface area contributed by atoms with E-state index in [1.165, 1.54) is 6.42 Å². The second-order valence-electron chi connectivity index (χ2n) is 4.24. The summed E-state index contributed by atoms with van der Waals surface area (Å²) in [6, 6.07) is 0. The largest absolute Gasteiger partial charge is 0.330 e. The van der Waals surface area contributed by atoms with Gasteiger partial charge in [0, 0.05) is 6.54 Å². The monoisotopic (exact) mass is 208 g/mol. The van der Waals surface area contributed by atoms with Gasteiger partial charge in [-0.05, 0) is 19.8 Å². The van der Waals surface area contributed by atoms with Gasteiger partial charge in [0.05, 0.1) is 12.1 Å². The molecular formula is C12H20N2O. The van der Waals surface area contributed by atoms with Gasteiger partial charge in [0.15, 0.2) is 0 Å². The highest BCUT2D eigenvalue weighted by molar-refractivity contribution is 5.86. The lowest BCUT2D eigenvalue weighted by Crippen LogP contribution is -2.56. The number of hydrogen-bond donors (Lipinski definition) is 1. The summed E-state index contributed by atoms with van der Waals surface area (Å²) < 4.78 is 0. The van der Waals surface area contributed by atoms with Crippen LogP contribution in [-0.4, -0.2) is 29.4 Å². The average molecular weight is 208 g/mol. The number of likely N-dealkylation sites (N-methyl/N-ethyl adjacent to an activating group) is 1. The Morgan fingerprint density at radius 1 is 1.47 bits per heavy atom. The van der Waals surface area contributed by atoms with Crippen LogP contribution in [0.3, 0.4) is 0 Å². The van der Waals surface area contributed by atoms with E-state index in [-0.39, 0.29) is 5.91 Å². The van der Waals surface area contributed by atoms with E-state index in [4.69, 9.17) is 12.2 Å². The lowest BCUT2D eigenvalue weighted by Gasteiger charge is -2.35. The summed E-state index contributed by atoms with van der Waals surface area (Å²) in [6.07, 6.45) is 10.1. The summed E-state index contributed by atoms with van der Waals surface area (Å²) in [6.45, 7) is 2.94. The molecule has 1 fully saturated rings. The fraction of sp³-hybridized carbons (Fsp3) is 0.750. The summed E-state index contributed by atoms with van der Waals surface area (Å²) in [7, 11) is 0. The molecule has 0 aliphatic heterocycles. The van der Waals surface area contributed by atoms with Crippen LogP contribution < -0.4 is 5.73 Å².